The Morgan fingerprint density at radius 2 is 2.05 bits per heavy atom. The predicted molar refractivity (Wildman–Crippen MR) is 64.5 cm³/mol. The Morgan fingerprint density at radius 1 is 1.37 bits per heavy atom. The molecule has 1 aliphatic rings. The first-order chi connectivity index (χ1) is 8.95. The van der Waals surface area contributed by atoms with Gasteiger partial charge < -0.3 is 4.57 Å². The number of rotatable bonds is 2. The lowest BCUT2D eigenvalue weighted by atomic mass is 10.2. The number of aryl methyl sites for hydroxylation is 1. The zero-order valence-corrected chi connectivity index (χ0v) is 10.1. The quantitative estimate of drug-likeness (QED) is 0.810. The van der Waals surface area contributed by atoms with E-state index in [1.54, 1.807) is 0 Å². The van der Waals surface area contributed by atoms with Crippen LogP contribution in [0.2, 0.25) is 0 Å². The van der Waals surface area contributed by atoms with Crippen LogP contribution in [0, 0.1) is 0 Å². The minimum Gasteiger partial charge on any atom is -0.303 e. The number of halogens is 2. The lowest BCUT2D eigenvalue weighted by Gasteiger charge is -2.18. The third-order valence-electron chi connectivity index (χ3n) is 3.63. The minimum atomic E-state index is -2.60. The van der Waals surface area contributed by atoms with E-state index in [-0.39, 0.29) is 18.2 Å². The molecule has 0 N–H and O–H groups in total. The molecule has 1 fully saturated rings. The third kappa shape index (κ3) is 1.61. The molecule has 0 saturated heterocycles. The third-order valence-corrected chi connectivity index (χ3v) is 3.63. The van der Waals surface area contributed by atoms with Crippen LogP contribution in [0.25, 0.3) is 10.8 Å². The van der Waals surface area contributed by atoms with E-state index in [0.717, 1.165) is 15.3 Å². The normalized spacial score (nSPS) is 17.1. The second kappa shape index (κ2) is 3.72. The van der Waals surface area contributed by atoms with Crippen LogP contribution in [0.4, 0.5) is 8.78 Å². The van der Waals surface area contributed by atoms with Crippen molar-refractivity contribution in [2.45, 2.75) is 24.8 Å². The fourth-order valence-electron chi connectivity index (χ4n) is 2.25. The molecule has 100 valence electrons. The summed E-state index contributed by atoms with van der Waals surface area (Å²) in [5.41, 5.74) is -2.39. The highest BCUT2D eigenvalue weighted by Crippen LogP contribution is 2.47. The zero-order valence-electron chi connectivity index (χ0n) is 10.1. The van der Waals surface area contributed by atoms with Crippen LogP contribution < -0.4 is 11.1 Å². The smallest absolute Gasteiger partial charge is 0.274 e. The molecule has 0 unspecified atom stereocenters. The van der Waals surface area contributed by atoms with Crippen molar-refractivity contribution in [3.05, 3.63) is 39.2 Å². The molecule has 2 heterocycles. The van der Waals surface area contributed by atoms with Crippen LogP contribution in [0.3, 0.4) is 0 Å². The van der Waals surface area contributed by atoms with Gasteiger partial charge in [-0.25, -0.2) is 13.5 Å². The van der Waals surface area contributed by atoms with Crippen LogP contribution in [-0.2, 0) is 12.6 Å². The van der Waals surface area contributed by atoms with Gasteiger partial charge in [0.1, 0.15) is 5.54 Å². The Balaban J connectivity index is 2.31. The van der Waals surface area contributed by atoms with E-state index in [2.05, 4.69) is 5.10 Å². The van der Waals surface area contributed by atoms with Gasteiger partial charge in [-0.3, -0.25) is 9.59 Å². The Kier molecular flexibility index (Phi) is 2.35. The molecule has 0 amide bonds. The monoisotopic (exact) mass is 267 g/mol. The lowest BCUT2D eigenvalue weighted by Crippen LogP contribution is -2.35. The van der Waals surface area contributed by atoms with Gasteiger partial charge in [-0.2, -0.15) is 5.10 Å². The second-order valence-electron chi connectivity index (χ2n) is 4.83. The Hall–Kier alpha value is -2.05. The first-order valence-corrected chi connectivity index (χ1v) is 5.83. The summed E-state index contributed by atoms with van der Waals surface area (Å²) in [4.78, 5) is 23.7. The van der Waals surface area contributed by atoms with Gasteiger partial charge in [0.2, 0.25) is 0 Å². The topological polar surface area (TPSA) is 56.9 Å². The van der Waals surface area contributed by atoms with Gasteiger partial charge in [0, 0.05) is 24.7 Å². The summed E-state index contributed by atoms with van der Waals surface area (Å²) >= 11 is 0. The summed E-state index contributed by atoms with van der Waals surface area (Å²) < 4.78 is 28.2. The van der Waals surface area contributed by atoms with Crippen molar-refractivity contribution in [3.63, 3.8) is 0 Å². The molecular formula is C12H11F2N3O2. The van der Waals surface area contributed by atoms with Gasteiger partial charge in [0.15, 0.2) is 0 Å². The summed E-state index contributed by atoms with van der Waals surface area (Å²) in [6, 6.07) is 1.11. The molecule has 1 aliphatic carbocycles. The van der Waals surface area contributed by atoms with Crippen molar-refractivity contribution in [3.8, 4) is 0 Å². The molecule has 0 aliphatic heterocycles. The van der Waals surface area contributed by atoms with Gasteiger partial charge in [0.05, 0.1) is 11.6 Å². The summed E-state index contributed by atoms with van der Waals surface area (Å²) in [7, 11) is 1.47. The van der Waals surface area contributed by atoms with E-state index in [4.69, 9.17) is 0 Å². The van der Waals surface area contributed by atoms with Crippen LogP contribution in [-0.4, -0.2) is 20.8 Å². The number of nitrogens with zero attached hydrogens (tertiary/aromatic N) is 3. The molecule has 1 saturated carbocycles. The minimum absolute atomic E-state index is 0.198. The number of hydrogen-bond acceptors (Lipinski definition) is 3. The second-order valence-corrected chi connectivity index (χ2v) is 4.83. The largest absolute Gasteiger partial charge is 0.303 e. The molecule has 19 heavy (non-hydrogen) atoms. The van der Waals surface area contributed by atoms with Crippen molar-refractivity contribution >= 4 is 10.8 Å². The van der Waals surface area contributed by atoms with Crippen LogP contribution in [0.15, 0.2) is 28.0 Å². The van der Waals surface area contributed by atoms with Crippen molar-refractivity contribution < 1.29 is 8.78 Å². The van der Waals surface area contributed by atoms with E-state index in [1.807, 2.05) is 0 Å². The summed E-state index contributed by atoms with van der Waals surface area (Å²) in [5.74, 6) is 0. The number of alkyl halides is 2. The molecule has 0 aromatic carbocycles. The highest BCUT2D eigenvalue weighted by Gasteiger charge is 2.53. The van der Waals surface area contributed by atoms with Gasteiger partial charge in [-0.05, 0) is 12.8 Å². The van der Waals surface area contributed by atoms with Gasteiger partial charge >= 0.3 is 0 Å². The molecule has 2 aromatic rings. The number of hydrogen-bond donors (Lipinski definition) is 0. The highest BCUT2D eigenvalue weighted by atomic mass is 19.3. The molecule has 3 rings (SSSR count). The van der Waals surface area contributed by atoms with E-state index in [0.29, 0.717) is 5.39 Å². The lowest BCUT2D eigenvalue weighted by molar-refractivity contribution is 0.0654. The van der Waals surface area contributed by atoms with Crippen LogP contribution >= 0.6 is 0 Å². The fraction of sp³-hybridized carbons (Fsp3) is 0.417. The van der Waals surface area contributed by atoms with Crippen molar-refractivity contribution in [2.24, 2.45) is 7.05 Å². The molecule has 0 radical (unpaired) electrons. The van der Waals surface area contributed by atoms with Gasteiger partial charge in [0.25, 0.3) is 17.5 Å². The maximum atomic E-state index is 13.0. The van der Waals surface area contributed by atoms with E-state index < -0.39 is 23.1 Å². The van der Waals surface area contributed by atoms with E-state index in [9.17, 15) is 18.4 Å². The van der Waals surface area contributed by atoms with Crippen molar-refractivity contribution in [1.82, 2.24) is 14.3 Å². The fourth-order valence-corrected chi connectivity index (χ4v) is 2.25. The zero-order chi connectivity index (χ0) is 13.8. The molecule has 0 spiro atoms. The molecule has 0 bridgehead atoms. The van der Waals surface area contributed by atoms with Crippen LogP contribution in [0.1, 0.15) is 12.8 Å². The number of fused-ring (bicyclic) bond motifs is 1. The standard InChI is InChI=1S/C12H11F2N3O2/c1-16-10(19)8-4-9(18)17(6-7(8)5-15-16)12(2-3-12)11(13)14/h4-6,11H,2-3H2,1H3. The molecular weight excluding hydrogens is 256 g/mol. The Bertz CT molecular complexity index is 775. The molecule has 0 atom stereocenters. The summed E-state index contributed by atoms with van der Waals surface area (Å²) in [5, 5.41) is 4.42. The van der Waals surface area contributed by atoms with E-state index >= 15 is 0 Å². The van der Waals surface area contributed by atoms with Crippen molar-refractivity contribution in [2.75, 3.05) is 0 Å². The average molecular weight is 267 g/mol. The van der Waals surface area contributed by atoms with Crippen LogP contribution in [0.5, 0.6) is 0 Å². The number of pyridine rings is 1. The summed E-state index contributed by atoms with van der Waals surface area (Å²) in [6.07, 6.45) is 0.657. The Morgan fingerprint density at radius 3 is 2.63 bits per heavy atom. The maximum Gasteiger partial charge on any atom is 0.274 e. The first-order valence-electron chi connectivity index (χ1n) is 5.83. The van der Waals surface area contributed by atoms with E-state index in [1.165, 1.54) is 19.4 Å². The van der Waals surface area contributed by atoms with Crippen molar-refractivity contribution in [1.29, 1.82) is 0 Å². The predicted octanol–water partition coefficient (Wildman–Crippen LogP) is 0.849. The average Bonchev–Trinajstić information content (AvgIpc) is 3.15. The SMILES string of the molecule is Cn1ncc2cn(C3(C(F)F)CC3)c(=O)cc2c1=O. The maximum absolute atomic E-state index is 13.0. The molecule has 2 aromatic heterocycles. The molecule has 5 nitrogen and oxygen atoms in total. The highest BCUT2D eigenvalue weighted by molar-refractivity contribution is 5.79. The molecule has 7 heteroatoms. The summed E-state index contributed by atoms with van der Waals surface area (Å²) in [6.45, 7) is 0. The van der Waals surface area contributed by atoms with Gasteiger partial charge in [-0.15, -0.1) is 0 Å². The first kappa shape index (κ1) is 12.0. The Labute approximate surface area is 106 Å². The van der Waals surface area contributed by atoms with Gasteiger partial charge in [-0.1, -0.05) is 0 Å². The number of aromatic nitrogens is 3.